The molecule has 80 valence electrons. The lowest BCUT2D eigenvalue weighted by Crippen LogP contribution is -2.00. The van der Waals surface area contributed by atoms with Gasteiger partial charge >= 0.3 is 0 Å². The predicted molar refractivity (Wildman–Crippen MR) is 57.4 cm³/mol. The minimum atomic E-state index is 0.397. The first-order valence-corrected chi connectivity index (χ1v) is 4.73. The maximum Gasteiger partial charge on any atom is 0.165 e. The summed E-state index contributed by atoms with van der Waals surface area (Å²) >= 11 is 0. The Balaban J connectivity index is 2.08. The molecule has 0 aliphatic rings. The smallest absolute Gasteiger partial charge is 0.165 e. The molecular formula is C9H9N7. The van der Waals surface area contributed by atoms with Gasteiger partial charge in [-0.1, -0.05) is 0 Å². The van der Waals surface area contributed by atoms with Crippen LogP contribution in [0, 0.1) is 0 Å². The molecule has 0 aromatic carbocycles. The van der Waals surface area contributed by atoms with E-state index in [4.69, 9.17) is 5.73 Å². The zero-order valence-electron chi connectivity index (χ0n) is 8.33. The van der Waals surface area contributed by atoms with Gasteiger partial charge in [-0.05, 0) is 0 Å². The van der Waals surface area contributed by atoms with Crippen LogP contribution in [0.5, 0.6) is 0 Å². The highest BCUT2D eigenvalue weighted by Crippen LogP contribution is 2.14. The van der Waals surface area contributed by atoms with Crippen molar-refractivity contribution in [3.8, 4) is 0 Å². The minimum Gasteiger partial charge on any atom is -0.382 e. The van der Waals surface area contributed by atoms with E-state index in [0.717, 1.165) is 11.3 Å². The number of anilines is 1. The minimum absolute atomic E-state index is 0.397. The van der Waals surface area contributed by atoms with Gasteiger partial charge in [0.05, 0.1) is 24.9 Å². The second-order valence-electron chi connectivity index (χ2n) is 3.38. The number of hydrogen-bond acceptors (Lipinski definition) is 5. The molecule has 3 aromatic heterocycles. The van der Waals surface area contributed by atoms with Gasteiger partial charge < -0.3 is 15.3 Å². The number of nitrogens with two attached hydrogens (primary N) is 1. The SMILES string of the molecule is Nc1ncnc2c1ncn2Cc1cnc[nH]1. The molecule has 0 aliphatic heterocycles. The number of hydrogen-bond donors (Lipinski definition) is 2. The molecular weight excluding hydrogens is 206 g/mol. The fourth-order valence-corrected chi connectivity index (χ4v) is 1.57. The van der Waals surface area contributed by atoms with Gasteiger partial charge in [-0.15, -0.1) is 0 Å². The molecule has 3 aromatic rings. The second-order valence-corrected chi connectivity index (χ2v) is 3.38. The first kappa shape index (κ1) is 8.84. The third-order valence-electron chi connectivity index (χ3n) is 2.33. The van der Waals surface area contributed by atoms with Gasteiger partial charge in [0.2, 0.25) is 0 Å². The van der Waals surface area contributed by atoms with Crippen molar-refractivity contribution in [2.45, 2.75) is 6.54 Å². The Morgan fingerprint density at radius 3 is 3.06 bits per heavy atom. The monoisotopic (exact) mass is 215 g/mol. The van der Waals surface area contributed by atoms with Crippen LogP contribution in [0.3, 0.4) is 0 Å². The van der Waals surface area contributed by atoms with E-state index in [1.54, 1.807) is 18.9 Å². The number of aromatic amines is 1. The lowest BCUT2D eigenvalue weighted by Gasteiger charge is -2.00. The summed E-state index contributed by atoms with van der Waals surface area (Å²) in [4.78, 5) is 19.2. The Hall–Kier alpha value is -2.44. The first-order valence-electron chi connectivity index (χ1n) is 4.73. The molecule has 0 unspecified atom stereocenters. The number of imidazole rings is 2. The fourth-order valence-electron chi connectivity index (χ4n) is 1.57. The van der Waals surface area contributed by atoms with E-state index in [-0.39, 0.29) is 0 Å². The molecule has 0 amide bonds. The molecule has 0 fully saturated rings. The van der Waals surface area contributed by atoms with Crippen LogP contribution in [0.1, 0.15) is 5.69 Å². The molecule has 0 radical (unpaired) electrons. The second kappa shape index (κ2) is 3.30. The van der Waals surface area contributed by atoms with Gasteiger partial charge in [0.15, 0.2) is 11.5 Å². The number of fused-ring (bicyclic) bond motifs is 1. The average molecular weight is 215 g/mol. The highest BCUT2D eigenvalue weighted by Gasteiger charge is 2.07. The maximum atomic E-state index is 5.70. The van der Waals surface area contributed by atoms with Crippen molar-refractivity contribution < 1.29 is 0 Å². The van der Waals surface area contributed by atoms with Crippen LogP contribution in [-0.4, -0.2) is 29.5 Å². The fraction of sp³-hybridized carbons (Fsp3) is 0.111. The normalized spacial score (nSPS) is 11.0. The third-order valence-corrected chi connectivity index (χ3v) is 2.33. The van der Waals surface area contributed by atoms with E-state index in [2.05, 4.69) is 24.9 Å². The Bertz CT molecular complexity index is 610. The Morgan fingerprint density at radius 2 is 2.25 bits per heavy atom. The summed E-state index contributed by atoms with van der Waals surface area (Å²) in [5.74, 6) is 0.397. The van der Waals surface area contributed by atoms with E-state index < -0.39 is 0 Å². The summed E-state index contributed by atoms with van der Waals surface area (Å²) in [5, 5.41) is 0. The molecule has 7 nitrogen and oxygen atoms in total. The number of aromatic nitrogens is 6. The maximum absolute atomic E-state index is 5.70. The molecule has 3 heterocycles. The average Bonchev–Trinajstić information content (AvgIpc) is 2.90. The van der Waals surface area contributed by atoms with Gasteiger partial charge in [-0.3, -0.25) is 0 Å². The van der Waals surface area contributed by atoms with Crippen LogP contribution in [0.2, 0.25) is 0 Å². The van der Waals surface area contributed by atoms with Crippen molar-refractivity contribution in [3.63, 3.8) is 0 Å². The highest BCUT2D eigenvalue weighted by molar-refractivity contribution is 5.81. The molecule has 0 atom stereocenters. The van der Waals surface area contributed by atoms with Gasteiger partial charge in [0, 0.05) is 6.20 Å². The number of nitrogen functional groups attached to an aromatic ring is 1. The van der Waals surface area contributed by atoms with Crippen LogP contribution in [0.15, 0.2) is 25.2 Å². The molecule has 7 heteroatoms. The molecule has 0 aliphatic carbocycles. The van der Waals surface area contributed by atoms with E-state index in [0.29, 0.717) is 17.9 Å². The zero-order chi connectivity index (χ0) is 11.0. The summed E-state index contributed by atoms with van der Waals surface area (Å²) in [5.41, 5.74) is 8.03. The molecule has 3 rings (SSSR count). The quantitative estimate of drug-likeness (QED) is 0.635. The lowest BCUT2D eigenvalue weighted by molar-refractivity contribution is 0.793. The number of nitrogens with one attached hydrogen (secondary N) is 1. The van der Waals surface area contributed by atoms with E-state index in [9.17, 15) is 0 Å². The summed E-state index contributed by atoms with van der Waals surface area (Å²) in [7, 11) is 0. The molecule has 16 heavy (non-hydrogen) atoms. The van der Waals surface area contributed by atoms with Crippen molar-refractivity contribution in [2.24, 2.45) is 0 Å². The lowest BCUT2D eigenvalue weighted by atomic mass is 10.4. The van der Waals surface area contributed by atoms with Crippen LogP contribution in [0.4, 0.5) is 5.82 Å². The molecule has 0 saturated heterocycles. The largest absolute Gasteiger partial charge is 0.382 e. The van der Waals surface area contributed by atoms with E-state index >= 15 is 0 Å². The topological polar surface area (TPSA) is 98.3 Å². The predicted octanol–water partition coefficient (Wildman–Crippen LogP) is 0.180. The molecule has 0 bridgehead atoms. The Kier molecular flexibility index (Phi) is 1.82. The van der Waals surface area contributed by atoms with Crippen molar-refractivity contribution in [2.75, 3.05) is 5.73 Å². The number of rotatable bonds is 2. The zero-order valence-corrected chi connectivity index (χ0v) is 8.33. The summed E-state index contributed by atoms with van der Waals surface area (Å²) in [6.45, 7) is 0.632. The van der Waals surface area contributed by atoms with E-state index in [1.165, 1.54) is 6.33 Å². The summed E-state index contributed by atoms with van der Waals surface area (Å²) < 4.78 is 1.89. The van der Waals surface area contributed by atoms with Crippen molar-refractivity contribution >= 4 is 17.0 Å². The van der Waals surface area contributed by atoms with E-state index in [1.807, 2.05) is 4.57 Å². The number of H-pyrrole nitrogens is 1. The first-order chi connectivity index (χ1) is 7.84. The van der Waals surface area contributed by atoms with Crippen molar-refractivity contribution in [3.05, 3.63) is 30.9 Å². The third kappa shape index (κ3) is 1.29. The van der Waals surface area contributed by atoms with Crippen LogP contribution in [-0.2, 0) is 6.54 Å². The summed E-state index contributed by atoms with van der Waals surface area (Å²) in [6, 6.07) is 0. The van der Waals surface area contributed by atoms with Crippen LogP contribution >= 0.6 is 0 Å². The number of nitrogens with zero attached hydrogens (tertiary/aromatic N) is 5. The Morgan fingerprint density at radius 1 is 1.31 bits per heavy atom. The van der Waals surface area contributed by atoms with Crippen molar-refractivity contribution in [1.82, 2.24) is 29.5 Å². The molecule has 0 saturated carbocycles. The van der Waals surface area contributed by atoms with Crippen molar-refractivity contribution in [1.29, 1.82) is 0 Å². The van der Waals surface area contributed by atoms with Gasteiger partial charge in [-0.2, -0.15) is 0 Å². The van der Waals surface area contributed by atoms with Crippen LogP contribution < -0.4 is 5.73 Å². The Labute approximate surface area is 90.4 Å². The standard InChI is InChI=1S/C9H9N7/c10-8-7-9(14-4-13-8)16(5-15-7)2-6-1-11-3-12-6/h1,3-5H,2H2,(H,11,12)(H2,10,13,14). The summed E-state index contributed by atoms with van der Waals surface area (Å²) in [6.07, 6.45) is 6.52. The van der Waals surface area contributed by atoms with Crippen LogP contribution in [0.25, 0.3) is 11.2 Å². The van der Waals surface area contributed by atoms with Gasteiger partial charge in [-0.25, -0.2) is 19.9 Å². The van der Waals surface area contributed by atoms with Gasteiger partial charge in [0.25, 0.3) is 0 Å². The molecule has 3 N–H and O–H groups in total. The molecule has 0 spiro atoms. The van der Waals surface area contributed by atoms with Gasteiger partial charge in [0.1, 0.15) is 11.8 Å². The highest BCUT2D eigenvalue weighted by atomic mass is 15.1.